The maximum absolute atomic E-state index is 13.6. The topological polar surface area (TPSA) is 41.9 Å². The quantitative estimate of drug-likeness (QED) is 0.812. The van der Waals surface area contributed by atoms with Gasteiger partial charge in [0.1, 0.15) is 11.6 Å². The number of fused-ring (bicyclic) bond motifs is 3. The Bertz CT molecular complexity index is 804. The number of amides is 1. The molecule has 0 saturated heterocycles. The van der Waals surface area contributed by atoms with Crippen molar-refractivity contribution in [1.82, 2.24) is 5.01 Å². The summed E-state index contributed by atoms with van der Waals surface area (Å²) in [6.07, 6.45) is 0. The van der Waals surface area contributed by atoms with Gasteiger partial charge in [-0.05, 0) is 23.8 Å². The molecule has 4 rings (SSSR count). The molecule has 2 aromatic rings. The Balaban J connectivity index is 1.83. The summed E-state index contributed by atoms with van der Waals surface area (Å²) in [7, 11) is 0. The number of ether oxygens (including phenoxy) is 1. The number of nitrogens with zero attached hydrogens (tertiary/aromatic N) is 2. The Morgan fingerprint density at radius 2 is 2.04 bits per heavy atom. The minimum Gasteiger partial charge on any atom is -0.492 e. The summed E-state index contributed by atoms with van der Waals surface area (Å²) in [4.78, 5) is 12.1. The number of hydrazone groups is 1. The number of hydrogen-bond donors (Lipinski definition) is 0. The summed E-state index contributed by atoms with van der Waals surface area (Å²) in [5, 5.41) is 5.99. The SMILES string of the molecule is CC(=O)N1N=C2c3cc(F)ccc3OCC2C1c1ccccc1. The predicted molar refractivity (Wildman–Crippen MR) is 83.6 cm³/mol. The maximum atomic E-state index is 13.6. The summed E-state index contributed by atoms with van der Waals surface area (Å²) in [5.41, 5.74) is 2.34. The molecule has 2 heterocycles. The maximum Gasteiger partial charge on any atom is 0.240 e. The van der Waals surface area contributed by atoms with E-state index < -0.39 is 0 Å². The fourth-order valence-electron chi connectivity index (χ4n) is 3.29. The molecule has 2 aliphatic rings. The number of carbonyl (C=O) groups is 1. The van der Waals surface area contributed by atoms with Gasteiger partial charge in [-0.3, -0.25) is 4.79 Å². The Hall–Kier alpha value is -2.69. The first kappa shape index (κ1) is 13.9. The van der Waals surface area contributed by atoms with E-state index in [9.17, 15) is 9.18 Å². The zero-order valence-corrected chi connectivity index (χ0v) is 12.6. The molecule has 0 saturated carbocycles. The predicted octanol–water partition coefficient (Wildman–Crippen LogP) is 3.14. The molecule has 0 radical (unpaired) electrons. The average molecular weight is 310 g/mol. The zero-order chi connectivity index (χ0) is 16.0. The molecule has 5 heteroatoms. The van der Waals surface area contributed by atoms with Crippen LogP contribution in [-0.2, 0) is 4.79 Å². The second kappa shape index (κ2) is 5.19. The Morgan fingerprint density at radius 3 is 2.78 bits per heavy atom. The van der Waals surface area contributed by atoms with Crippen molar-refractivity contribution in [2.24, 2.45) is 11.0 Å². The summed E-state index contributed by atoms with van der Waals surface area (Å²) >= 11 is 0. The highest BCUT2D eigenvalue weighted by Crippen LogP contribution is 2.42. The number of benzene rings is 2. The van der Waals surface area contributed by atoms with E-state index in [1.165, 1.54) is 24.1 Å². The van der Waals surface area contributed by atoms with E-state index in [1.54, 1.807) is 6.07 Å². The Labute approximate surface area is 133 Å². The van der Waals surface area contributed by atoms with Gasteiger partial charge in [-0.1, -0.05) is 30.3 Å². The molecule has 0 spiro atoms. The van der Waals surface area contributed by atoms with Crippen molar-refractivity contribution in [2.75, 3.05) is 6.61 Å². The first-order valence-electron chi connectivity index (χ1n) is 7.51. The van der Waals surface area contributed by atoms with E-state index in [1.807, 2.05) is 30.3 Å². The van der Waals surface area contributed by atoms with Crippen LogP contribution >= 0.6 is 0 Å². The number of hydrogen-bond acceptors (Lipinski definition) is 3. The van der Waals surface area contributed by atoms with Crippen molar-refractivity contribution in [3.8, 4) is 5.75 Å². The lowest BCUT2D eigenvalue weighted by molar-refractivity contribution is -0.131. The Kier molecular flexibility index (Phi) is 3.15. The highest BCUT2D eigenvalue weighted by atomic mass is 19.1. The lowest BCUT2D eigenvalue weighted by Crippen LogP contribution is -2.34. The first-order chi connectivity index (χ1) is 11.1. The van der Waals surface area contributed by atoms with Gasteiger partial charge in [0, 0.05) is 12.5 Å². The van der Waals surface area contributed by atoms with Crippen LogP contribution in [0.25, 0.3) is 0 Å². The van der Waals surface area contributed by atoms with E-state index in [2.05, 4.69) is 5.10 Å². The van der Waals surface area contributed by atoms with Crippen molar-refractivity contribution < 1.29 is 13.9 Å². The fraction of sp³-hybridized carbons (Fsp3) is 0.222. The molecule has 0 aliphatic carbocycles. The summed E-state index contributed by atoms with van der Waals surface area (Å²) in [6.45, 7) is 1.91. The van der Waals surface area contributed by atoms with Crippen LogP contribution in [0.2, 0.25) is 0 Å². The minimum atomic E-state index is -0.340. The molecule has 2 atom stereocenters. The molecular weight excluding hydrogens is 295 g/mol. The van der Waals surface area contributed by atoms with Gasteiger partial charge in [0.25, 0.3) is 0 Å². The first-order valence-corrected chi connectivity index (χ1v) is 7.51. The van der Waals surface area contributed by atoms with Crippen LogP contribution in [0.4, 0.5) is 4.39 Å². The van der Waals surface area contributed by atoms with Gasteiger partial charge < -0.3 is 4.74 Å². The Morgan fingerprint density at radius 1 is 1.26 bits per heavy atom. The second-order valence-corrected chi connectivity index (χ2v) is 5.76. The molecule has 0 bridgehead atoms. The van der Waals surface area contributed by atoms with Gasteiger partial charge in [0.15, 0.2) is 0 Å². The molecule has 0 N–H and O–H groups in total. The molecule has 116 valence electrons. The van der Waals surface area contributed by atoms with E-state index in [0.29, 0.717) is 17.9 Å². The average Bonchev–Trinajstić information content (AvgIpc) is 2.96. The third-order valence-electron chi connectivity index (χ3n) is 4.31. The third kappa shape index (κ3) is 2.20. The van der Waals surface area contributed by atoms with Crippen LogP contribution in [0.3, 0.4) is 0 Å². The van der Waals surface area contributed by atoms with E-state index in [4.69, 9.17) is 4.74 Å². The minimum absolute atomic E-state index is 0.101. The molecular formula is C18H15FN2O2. The summed E-state index contributed by atoms with van der Waals surface area (Å²) < 4.78 is 19.4. The van der Waals surface area contributed by atoms with E-state index >= 15 is 0 Å². The number of halogens is 1. The van der Waals surface area contributed by atoms with Crippen LogP contribution in [0.5, 0.6) is 5.75 Å². The lowest BCUT2D eigenvalue weighted by atomic mass is 9.86. The lowest BCUT2D eigenvalue weighted by Gasteiger charge is -2.29. The molecule has 4 nitrogen and oxygen atoms in total. The molecule has 0 fully saturated rings. The third-order valence-corrected chi connectivity index (χ3v) is 4.31. The largest absolute Gasteiger partial charge is 0.492 e. The van der Waals surface area contributed by atoms with Crippen molar-refractivity contribution >= 4 is 11.6 Å². The van der Waals surface area contributed by atoms with Crippen molar-refractivity contribution in [3.05, 3.63) is 65.5 Å². The van der Waals surface area contributed by atoms with Gasteiger partial charge in [0.05, 0.1) is 24.3 Å². The fourth-order valence-corrected chi connectivity index (χ4v) is 3.29. The smallest absolute Gasteiger partial charge is 0.240 e. The highest BCUT2D eigenvalue weighted by Gasteiger charge is 2.44. The highest BCUT2D eigenvalue weighted by molar-refractivity contribution is 6.07. The summed E-state index contributed by atoms with van der Waals surface area (Å²) in [5.74, 6) is 0.0288. The van der Waals surface area contributed by atoms with Gasteiger partial charge >= 0.3 is 0 Å². The van der Waals surface area contributed by atoms with Crippen LogP contribution in [0.15, 0.2) is 53.6 Å². The standard InChI is InChI=1S/C18H15FN2O2/c1-11(22)21-18(12-5-3-2-4-6-12)15-10-23-16-8-7-13(19)9-14(16)17(15)20-21/h2-9,15,18H,10H2,1H3. The molecule has 0 aromatic heterocycles. The summed E-state index contributed by atoms with van der Waals surface area (Å²) in [6, 6.07) is 13.9. The van der Waals surface area contributed by atoms with Gasteiger partial charge in [-0.25, -0.2) is 9.40 Å². The second-order valence-electron chi connectivity index (χ2n) is 5.76. The van der Waals surface area contributed by atoms with E-state index in [-0.39, 0.29) is 23.7 Å². The van der Waals surface area contributed by atoms with E-state index in [0.717, 1.165) is 11.3 Å². The molecule has 23 heavy (non-hydrogen) atoms. The monoisotopic (exact) mass is 310 g/mol. The van der Waals surface area contributed by atoms with Crippen LogP contribution in [0, 0.1) is 11.7 Å². The molecule has 2 aliphatic heterocycles. The number of rotatable bonds is 1. The van der Waals surface area contributed by atoms with Crippen LogP contribution in [0.1, 0.15) is 24.1 Å². The molecule has 1 amide bonds. The van der Waals surface area contributed by atoms with Crippen molar-refractivity contribution in [3.63, 3.8) is 0 Å². The van der Waals surface area contributed by atoms with Crippen molar-refractivity contribution in [2.45, 2.75) is 13.0 Å². The van der Waals surface area contributed by atoms with Gasteiger partial charge in [-0.2, -0.15) is 5.10 Å². The van der Waals surface area contributed by atoms with Gasteiger partial charge in [0.2, 0.25) is 5.91 Å². The van der Waals surface area contributed by atoms with Crippen molar-refractivity contribution in [1.29, 1.82) is 0 Å². The number of carbonyl (C=O) groups excluding carboxylic acids is 1. The molecule has 2 aromatic carbocycles. The normalized spacial score (nSPS) is 22.0. The van der Waals surface area contributed by atoms with Gasteiger partial charge in [-0.15, -0.1) is 0 Å². The zero-order valence-electron chi connectivity index (χ0n) is 12.6. The molecule has 2 unspecified atom stereocenters. The van der Waals surface area contributed by atoms with Crippen LogP contribution < -0.4 is 4.74 Å². The van der Waals surface area contributed by atoms with Crippen LogP contribution in [-0.4, -0.2) is 23.2 Å².